The van der Waals surface area contributed by atoms with Crippen LogP contribution in [0.25, 0.3) is 22.3 Å². The molecule has 226 valence electrons. The van der Waals surface area contributed by atoms with Crippen molar-refractivity contribution in [3.8, 4) is 45.3 Å². The van der Waals surface area contributed by atoms with Crippen LogP contribution in [-0.4, -0.2) is 24.9 Å². The average molecular weight is 603 g/mol. The van der Waals surface area contributed by atoms with E-state index in [1.807, 2.05) is 0 Å². The summed E-state index contributed by atoms with van der Waals surface area (Å²) in [6.07, 6.45) is 2.68. The minimum absolute atomic E-state index is 0.0665. The molecular weight excluding hydrogens is 574 g/mol. The predicted molar refractivity (Wildman–Crippen MR) is 150 cm³/mol. The second kappa shape index (κ2) is 14.0. The van der Waals surface area contributed by atoms with Gasteiger partial charge in [-0.2, -0.15) is 8.78 Å². The van der Waals surface area contributed by atoms with E-state index in [9.17, 15) is 31.4 Å². The van der Waals surface area contributed by atoms with Crippen molar-refractivity contribution in [3.05, 3.63) is 108 Å². The van der Waals surface area contributed by atoms with Crippen LogP contribution >= 0.6 is 0 Å². The lowest BCUT2D eigenvalue weighted by molar-refractivity contribution is 0.255. The summed E-state index contributed by atoms with van der Waals surface area (Å²) in [5.41, 5.74) is -0.894. The first-order chi connectivity index (χ1) is 20.6. The number of ether oxygens (including phenoxy) is 3. The van der Waals surface area contributed by atoms with Crippen LogP contribution in [0.5, 0.6) is 23.0 Å². The SMILES string of the molecule is C=CC(CCOc1ccc(-c2ccc(O)c(F)c2F)c(F)c1)CCOc1ccc(-c2ccc(OCC)c(F)c2F)c(F)c1. The number of phenolic OH excluding ortho intramolecular Hbond substituents is 1. The van der Waals surface area contributed by atoms with Gasteiger partial charge in [0.05, 0.1) is 19.8 Å². The fourth-order valence-corrected chi connectivity index (χ4v) is 4.40. The van der Waals surface area contributed by atoms with Crippen molar-refractivity contribution in [2.75, 3.05) is 19.8 Å². The molecule has 0 fully saturated rings. The molecule has 0 saturated carbocycles. The largest absolute Gasteiger partial charge is 0.505 e. The van der Waals surface area contributed by atoms with Crippen molar-refractivity contribution < 1.29 is 45.7 Å². The van der Waals surface area contributed by atoms with Gasteiger partial charge in [0.1, 0.15) is 23.1 Å². The van der Waals surface area contributed by atoms with Crippen molar-refractivity contribution in [1.82, 2.24) is 0 Å². The Bertz CT molecular complexity index is 1610. The van der Waals surface area contributed by atoms with Crippen LogP contribution in [0.1, 0.15) is 19.8 Å². The third-order valence-corrected chi connectivity index (χ3v) is 6.72. The number of phenols is 1. The molecule has 0 aliphatic rings. The molecule has 4 aromatic carbocycles. The first-order valence-corrected chi connectivity index (χ1v) is 13.4. The standard InChI is InChI=1S/C33H28F6O4/c1-3-19(13-15-42-20-5-7-22(26(34)17-20)24-9-11-28(40)32(38)30(24)36)14-16-43-21-6-8-23(27(35)18-21)25-10-12-29(41-4-2)33(39)31(25)37/h3,5-12,17-19,40H,1,4,13-16H2,2H3. The quantitative estimate of drug-likeness (QED) is 0.123. The molecule has 10 heteroatoms. The van der Waals surface area contributed by atoms with Crippen LogP contribution in [0, 0.1) is 40.8 Å². The number of allylic oxidation sites excluding steroid dienone is 1. The number of hydrogen-bond donors (Lipinski definition) is 1. The van der Waals surface area contributed by atoms with Crippen molar-refractivity contribution in [3.63, 3.8) is 0 Å². The van der Waals surface area contributed by atoms with Gasteiger partial charge in [-0.15, -0.1) is 6.58 Å². The van der Waals surface area contributed by atoms with Gasteiger partial charge in [-0.25, -0.2) is 17.6 Å². The van der Waals surface area contributed by atoms with E-state index in [1.165, 1.54) is 36.4 Å². The van der Waals surface area contributed by atoms with Gasteiger partial charge in [0.15, 0.2) is 23.1 Å². The van der Waals surface area contributed by atoms with Crippen molar-refractivity contribution in [2.24, 2.45) is 5.92 Å². The molecule has 1 N–H and O–H groups in total. The van der Waals surface area contributed by atoms with E-state index in [1.54, 1.807) is 13.0 Å². The highest BCUT2D eigenvalue weighted by Gasteiger charge is 2.19. The Morgan fingerprint density at radius 3 is 1.63 bits per heavy atom. The molecule has 1 atom stereocenters. The molecule has 4 nitrogen and oxygen atoms in total. The summed E-state index contributed by atoms with van der Waals surface area (Å²) in [6, 6.07) is 12.1. The molecule has 0 radical (unpaired) electrons. The van der Waals surface area contributed by atoms with Crippen LogP contribution in [0.3, 0.4) is 0 Å². The zero-order chi connectivity index (χ0) is 31.1. The molecular formula is C33H28F6O4. The monoisotopic (exact) mass is 602 g/mol. The van der Waals surface area contributed by atoms with Crippen molar-refractivity contribution in [2.45, 2.75) is 19.8 Å². The minimum atomic E-state index is -1.46. The van der Waals surface area contributed by atoms with Crippen LogP contribution in [0.2, 0.25) is 0 Å². The summed E-state index contributed by atoms with van der Waals surface area (Å²) in [5, 5.41) is 9.27. The first kappa shape index (κ1) is 31.3. The van der Waals surface area contributed by atoms with Crippen LogP contribution in [0.15, 0.2) is 73.3 Å². The minimum Gasteiger partial charge on any atom is -0.505 e. The lowest BCUT2D eigenvalue weighted by atomic mass is 10.0. The van der Waals surface area contributed by atoms with E-state index in [0.29, 0.717) is 12.8 Å². The molecule has 4 aromatic rings. The van der Waals surface area contributed by atoms with Crippen molar-refractivity contribution >= 4 is 0 Å². The summed E-state index contributed by atoms with van der Waals surface area (Å²) in [7, 11) is 0. The second-order valence-corrected chi connectivity index (χ2v) is 9.49. The van der Waals surface area contributed by atoms with Gasteiger partial charge in [0, 0.05) is 34.4 Å². The second-order valence-electron chi connectivity index (χ2n) is 9.49. The smallest absolute Gasteiger partial charge is 0.201 e. The Hall–Kier alpha value is -4.60. The summed E-state index contributed by atoms with van der Waals surface area (Å²) in [5.74, 6) is -7.66. The predicted octanol–water partition coefficient (Wildman–Crippen LogP) is 9.00. The Labute approximate surface area is 244 Å². The van der Waals surface area contributed by atoms with E-state index >= 15 is 0 Å². The van der Waals surface area contributed by atoms with Crippen LogP contribution in [0.4, 0.5) is 26.3 Å². The Kier molecular flexibility index (Phi) is 10.2. The maximum Gasteiger partial charge on any atom is 0.201 e. The highest BCUT2D eigenvalue weighted by Crippen LogP contribution is 2.34. The van der Waals surface area contributed by atoms with E-state index in [4.69, 9.17) is 14.2 Å². The molecule has 0 saturated heterocycles. The maximum atomic E-state index is 14.8. The van der Waals surface area contributed by atoms with Crippen LogP contribution < -0.4 is 14.2 Å². The Morgan fingerprint density at radius 2 is 1.14 bits per heavy atom. The van der Waals surface area contributed by atoms with E-state index < -0.39 is 40.7 Å². The third-order valence-electron chi connectivity index (χ3n) is 6.72. The Morgan fingerprint density at radius 1 is 0.651 bits per heavy atom. The molecule has 0 aromatic heterocycles. The first-order valence-electron chi connectivity index (χ1n) is 13.4. The third kappa shape index (κ3) is 7.25. The average Bonchev–Trinajstić information content (AvgIpc) is 2.99. The molecule has 0 aliphatic heterocycles. The normalized spacial score (nSPS) is 11.7. The fourth-order valence-electron chi connectivity index (χ4n) is 4.40. The molecule has 43 heavy (non-hydrogen) atoms. The highest BCUT2D eigenvalue weighted by atomic mass is 19.2. The molecule has 0 amide bonds. The molecule has 4 rings (SSSR count). The molecule has 1 unspecified atom stereocenters. The number of hydrogen-bond acceptors (Lipinski definition) is 4. The van der Waals surface area contributed by atoms with Gasteiger partial charge >= 0.3 is 0 Å². The lowest BCUT2D eigenvalue weighted by Gasteiger charge is -2.15. The number of benzene rings is 4. The summed E-state index contributed by atoms with van der Waals surface area (Å²) in [4.78, 5) is 0. The summed E-state index contributed by atoms with van der Waals surface area (Å²) >= 11 is 0. The topological polar surface area (TPSA) is 47.9 Å². The molecule has 0 heterocycles. The number of halogens is 6. The summed E-state index contributed by atoms with van der Waals surface area (Å²) in [6.45, 7) is 5.96. The van der Waals surface area contributed by atoms with Gasteiger partial charge in [-0.1, -0.05) is 6.08 Å². The highest BCUT2D eigenvalue weighted by molar-refractivity contribution is 5.67. The Balaban J connectivity index is 1.29. The van der Waals surface area contributed by atoms with Gasteiger partial charge in [0.2, 0.25) is 11.6 Å². The van der Waals surface area contributed by atoms with E-state index in [2.05, 4.69) is 6.58 Å². The van der Waals surface area contributed by atoms with E-state index in [-0.39, 0.29) is 65.2 Å². The number of aromatic hydroxyl groups is 1. The van der Waals surface area contributed by atoms with Gasteiger partial charge in [-0.05, 0) is 74.2 Å². The van der Waals surface area contributed by atoms with E-state index in [0.717, 1.165) is 24.3 Å². The van der Waals surface area contributed by atoms with Gasteiger partial charge in [0.25, 0.3) is 0 Å². The van der Waals surface area contributed by atoms with Crippen LogP contribution in [-0.2, 0) is 0 Å². The zero-order valence-corrected chi connectivity index (χ0v) is 23.1. The maximum absolute atomic E-state index is 14.8. The molecule has 0 bridgehead atoms. The van der Waals surface area contributed by atoms with Crippen molar-refractivity contribution in [1.29, 1.82) is 0 Å². The number of rotatable bonds is 13. The van der Waals surface area contributed by atoms with Gasteiger partial charge in [-0.3, -0.25) is 0 Å². The zero-order valence-electron chi connectivity index (χ0n) is 23.1. The fraction of sp³-hybridized carbons (Fsp3) is 0.212. The molecule has 0 spiro atoms. The summed E-state index contributed by atoms with van der Waals surface area (Å²) < 4.78 is 102. The van der Waals surface area contributed by atoms with Gasteiger partial charge < -0.3 is 19.3 Å². The molecule has 0 aliphatic carbocycles. The lowest BCUT2D eigenvalue weighted by Crippen LogP contribution is -2.09.